The molecule has 0 amide bonds. The van der Waals surface area contributed by atoms with E-state index in [1.54, 1.807) is 12.4 Å². The van der Waals surface area contributed by atoms with E-state index < -0.39 is 7.92 Å². The van der Waals surface area contributed by atoms with Gasteiger partial charge in [0.05, 0.1) is 5.30 Å². The molecule has 4 nitrogen and oxygen atoms in total. The largest absolute Gasteiger partial charge is 0.456 e. The van der Waals surface area contributed by atoms with Gasteiger partial charge in [-0.05, 0) is 93.0 Å². The van der Waals surface area contributed by atoms with Crippen LogP contribution < -0.4 is 25.4 Å². The van der Waals surface area contributed by atoms with Crippen LogP contribution in [0.3, 0.4) is 0 Å². The third-order valence-corrected chi connectivity index (χ3v) is 11.0. The van der Waals surface area contributed by atoms with Crippen molar-refractivity contribution in [3.63, 3.8) is 0 Å². The van der Waals surface area contributed by atoms with E-state index in [0.29, 0.717) is 0 Å². The molecule has 0 spiro atoms. The molecule has 0 aliphatic carbocycles. The Morgan fingerprint density at radius 3 is 1.22 bits per heavy atom. The first-order valence-electron chi connectivity index (χ1n) is 14.9. The summed E-state index contributed by atoms with van der Waals surface area (Å²) in [6.07, 6.45) is 7.40. The van der Waals surface area contributed by atoms with Gasteiger partial charge in [0.1, 0.15) is 23.0 Å². The lowest BCUT2D eigenvalue weighted by Gasteiger charge is -2.35. The number of hydrogen-bond acceptors (Lipinski definition) is 4. The maximum Gasteiger partial charge on any atom is 0.139 e. The van der Waals surface area contributed by atoms with Gasteiger partial charge in [-0.3, -0.25) is 9.97 Å². The van der Waals surface area contributed by atoms with Crippen molar-refractivity contribution in [1.82, 2.24) is 9.97 Å². The molecule has 2 aliphatic heterocycles. The van der Waals surface area contributed by atoms with Crippen molar-refractivity contribution in [2.45, 2.75) is 0 Å². The molecule has 0 radical (unpaired) electrons. The third kappa shape index (κ3) is 4.50. The van der Waals surface area contributed by atoms with E-state index in [1.807, 2.05) is 30.6 Å². The molecule has 7 aromatic rings. The van der Waals surface area contributed by atoms with Gasteiger partial charge in [-0.2, -0.15) is 0 Å². The summed E-state index contributed by atoms with van der Waals surface area (Å²) in [5.74, 6) is 3.55. The second-order valence-electron chi connectivity index (χ2n) is 11.1. The number of benzene rings is 5. The quantitative estimate of drug-likeness (QED) is 0.190. The van der Waals surface area contributed by atoms with Crippen molar-refractivity contribution >= 4 is 23.8 Å². The van der Waals surface area contributed by atoms with Crippen LogP contribution in [0, 0.1) is 0 Å². The Labute approximate surface area is 262 Å². The smallest absolute Gasteiger partial charge is 0.139 e. The van der Waals surface area contributed by atoms with Gasteiger partial charge in [0.2, 0.25) is 0 Å². The van der Waals surface area contributed by atoms with Crippen LogP contribution in [0.5, 0.6) is 23.0 Å². The van der Waals surface area contributed by atoms with Crippen LogP contribution in [0.15, 0.2) is 152 Å². The number of pyridine rings is 2. The molecule has 0 saturated carbocycles. The maximum absolute atomic E-state index is 6.50. The molecule has 0 bridgehead atoms. The zero-order chi connectivity index (χ0) is 29.7. The fraction of sp³-hybridized carbons (Fsp3) is 0. The first-order valence-corrected chi connectivity index (χ1v) is 16.2. The molecule has 0 atom stereocenters. The van der Waals surface area contributed by atoms with Gasteiger partial charge < -0.3 is 9.47 Å². The lowest BCUT2D eigenvalue weighted by Crippen LogP contribution is -2.32. The fourth-order valence-electron chi connectivity index (χ4n) is 6.19. The second-order valence-corrected chi connectivity index (χ2v) is 13.2. The molecule has 45 heavy (non-hydrogen) atoms. The summed E-state index contributed by atoms with van der Waals surface area (Å²) in [6, 6.07) is 44.8. The topological polar surface area (TPSA) is 44.2 Å². The normalized spacial score (nSPS) is 12.7. The van der Waals surface area contributed by atoms with Gasteiger partial charge in [0.25, 0.3) is 0 Å². The van der Waals surface area contributed by atoms with E-state index in [-0.39, 0.29) is 0 Å². The molecule has 9 rings (SSSR count). The average Bonchev–Trinajstić information content (AvgIpc) is 3.12. The van der Waals surface area contributed by atoms with E-state index in [2.05, 4.69) is 119 Å². The monoisotopic (exact) mass is 596 g/mol. The summed E-state index contributed by atoms with van der Waals surface area (Å²) in [4.78, 5) is 8.55. The Morgan fingerprint density at radius 2 is 0.800 bits per heavy atom. The third-order valence-electron chi connectivity index (χ3n) is 8.45. The minimum absolute atomic E-state index is 0.872. The van der Waals surface area contributed by atoms with Gasteiger partial charge >= 0.3 is 0 Å². The summed E-state index contributed by atoms with van der Waals surface area (Å²) in [6.45, 7) is 0. The molecule has 212 valence electrons. The summed E-state index contributed by atoms with van der Waals surface area (Å²) < 4.78 is 13.0. The number of aromatic nitrogens is 2. The van der Waals surface area contributed by atoms with Crippen LogP contribution >= 0.6 is 7.92 Å². The van der Waals surface area contributed by atoms with Crippen molar-refractivity contribution < 1.29 is 9.47 Å². The molecule has 2 aromatic heterocycles. The minimum atomic E-state index is -0.915. The van der Waals surface area contributed by atoms with Crippen molar-refractivity contribution in [2.75, 3.05) is 0 Å². The van der Waals surface area contributed by atoms with E-state index in [4.69, 9.17) is 9.47 Å². The Kier molecular flexibility index (Phi) is 6.07. The predicted octanol–water partition coefficient (Wildman–Crippen LogP) is 9.11. The predicted molar refractivity (Wildman–Crippen MR) is 183 cm³/mol. The molecular formula is C40H25N2O2P. The van der Waals surface area contributed by atoms with Crippen molar-refractivity contribution in [3.8, 4) is 67.5 Å². The molecule has 4 heterocycles. The van der Waals surface area contributed by atoms with Gasteiger partial charge in [0.15, 0.2) is 0 Å². The summed E-state index contributed by atoms with van der Waals surface area (Å²) >= 11 is 0. The van der Waals surface area contributed by atoms with Gasteiger partial charge in [0, 0.05) is 43.3 Å². The minimum Gasteiger partial charge on any atom is -0.456 e. The summed E-state index contributed by atoms with van der Waals surface area (Å²) in [7, 11) is -0.915. The van der Waals surface area contributed by atoms with Crippen molar-refractivity contribution in [2.24, 2.45) is 0 Å². The van der Waals surface area contributed by atoms with Gasteiger partial charge in [-0.1, -0.05) is 78.9 Å². The number of rotatable bonds is 4. The number of ether oxygens (including phenoxy) is 2. The Hall–Kier alpha value is -5.57. The van der Waals surface area contributed by atoms with E-state index in [9.17, 15) is 0 Å². The van der Waals surface area contributed by atoms with Crippen LogP contribution in [0.4, 0.5) is 0 Å². The van der Waals surface area contributed by atoms with Crippen molar-refractivity contribution in [1.29, 1.82) is 0 Å². The van der Waals surface area contributed by atoms with E-state index in [1.165, 1.54) is 10.6 Å². The standard InChI is InChI=1S/C40H25N2O2P/c1-6-36-40-37(7-1)44-35-19-17-31(27-10-14-29(15-11-27)33-5-3-21-42-25-33)23-39(35)45(40)38-22-30(16-18-34(38)43-36)26-8-12-28(13-9-26)32-4-2-20-41-24-32/h1-25H. The van der Waals surface area contributed by atoms with E-state index in [0.717, 1.165) is 72.8 Å². The zero-order valence-electron chi connectivity index (χ0n) is 24.1. The van der Waals surface area contributed by atoms with Crippen LogP contribution in [-0.4, -0.2) is 9.97 Å². The Balaban J connectivity index is 1.13. The highest BCUT2D eigenvalue weighted by atomic mass is 31.1. The van der Waals surface area contributed by atoms with E-state index >= 15 is 0 Å². The average molecular weight is 597 g/mol. The lowest BCUT2D eigenvalue weighted by atomic mass is 10.0. The number of hydrogen-bond donors (Lipinski definition) is 0. The van der Waals surface area contributed by atoms with Crippen molar-refractivity contribution in [3.05, 3.63) is 152 Å². The maximum atomic E-state index is 6.50. The molecule has 0 unspecified atom stereocenters. The van der Waals surface area contributed by atoms with Gasteiger partial charge in [-0.25, -0.2) is 0 Å². The van der Waals surface area contributed by atoms with Crippen LogP contribution in [-0.2, 0) is 0 Å². The molecule has 0 N–H and O–H groups in total. The van der Waals surface area contributed by atoms with Crippen LogP contribution in [0.25, 0.3) is 44.5 Å². The molecule has 0 fully saturated rings. The van der Waals surface area contributed by atoms with Gasteiger partial charge in [-0.15, -0.1) is 0 Å². The molecule has 5 heteroatoms. The van der Waals surface area contributed by atoms with Crippen LogP contribution in [0.2, 0.25) is 0 Å². The summed E-state index contributed by atoms with van der Waals surface area (Å²) in [5, 5.41) is 3.54. The molecule has 2 aliphatic rings. The second kappa shape index (κ2) is 10.6. The molecule has 0 saturated heterocycles. The Bertz CT molecular complexity index is 2050. The molecule has 5 aromatic carbocycles. The highest BCUT2D eigenvalue weighted by molar-refractivity contribution is 7.80. The molecular weight excluding hydrogens is 571 g/mol. The number of fused-ring (bicyclic) bond motifs is 4. The Morgan fingerprint density at radius 1 is 0.378 bits per heavy atom. The fourth-order valence-corrected chi connectivity index (χ4v) is 8.83. The summed E-state index contributed by atoms with van der Waals surface area (Å²) in [5.41, 5.74) is 9.16. The zero-order valence-corrected chi connectivity index (χ0v) is 25.0. The SMILES string of the molecule is c1cncc(-c2ccc(-c3ccc4c(c3)P3c5cc(-c6ccc(-c7cccnc7)cc6)ccc5Oc5cccc(c53)O4)cc2)c1. The lowest BCUT2D eigenvalue weighted by molar-refractivity contribution is 0.466. The highest BCUT2D eigenvalue weighted by Crippen LogP contribution is 2.53. The highest BCUT2D eigenvalue weighted by Gasteiger charge is 2.37. The number of nitrogens with zero attached hydrogens (tertiary/aromatic N) is 2. The first kappa shape index (κ1) is 25.9. The first-order chi connectivity index (χ1) is 22.3. The van der Waals surface area contributed by atoms with Crippen LogP contribution in [0.1, 0.15) is 0 Å².